The van der Waals surface area contributed by atoms with Crippen LogP contribution in [-0.4, -0.2) is 64.5 Å². The molecule has 0 unspecified atom stereocenters. The minimum atomic E-state index is -1.13. The van der Waals surface area contributed by atoms with Crippen molar-refractivity contribution < 1.29 is 19.5 Å². The molecular weight excluding hydrogens is 264 g/mol. The normalized spacial score (nSPS) is 15.2. The number of carboxylic acid groups (broad SMARTS) is 1. The lowest BCUT2D eigenvalue weighted by Crippen LogP contribution is -2.51. The summed E-state index contributed by atoms with van der Waals surface area (Å²) >= 11 is 0. The van der Waals surface area contributed by atoms with Crippen molar-refractivity contribution in [2.24, 2.45) is 0 Å². The third-order valence-corrected chi connectivity index (χ3v) is 2.98. The molecule has 1 saturated heterocycles. The molecule has 2 heterocycles. The Kier molecular flexibility index (Phi) is 3.83. The van der Waals surface area contributed by atoms with Gasteiger partial charge in [0.05, 0.1) is 11.9 Å². The molecule has 2 rings (SSSR count). The average Bonchev–Trinajstić information content (AvgIpc) is 2.42. The van der Waals surface area contributed by atoms with Crippen molar-refractivity contribution in [2.45, 2.75) is 0 Å². The second-order valence-corrected chi connectivity index (χ2v) is 4.40. The predicted molar refractivity (Wildman–Crippen MR) is 69.4 cm³/mol. The maximum absolute atomic E-state index is 11.9. The number of aromatic nitrogens is 1. The van der Waals surface area contributed by atoms with E-state index in [4.69, 9.17) is 5.11 Å². The molecule has 1 aliphatic rings. The standard InChI is InChI=1S/C12H14N4O4/c1-15-4-5-16(7-10(15)17)12(20)14-8-2-3-9(11(18)19)13-6-8/h2-3,6H,4-5,7H2,1H3,(H,14,20)(H,18,19). The van der Waals surface area contributed by atoms with Gasteiger partial charge >= 0.3 is 12.0 Å². The van der Waals surface area contributed by atoms with E-state index in [1.54, 1.807) is 11.9 Å². The molecule has 0 aliphatic carbocycles. The number of carbonyl (C=O) groups is 3. The van der Waals surface area contributed by atoms with E-state index in [0.717, 1.165) is 0 Å². The molecule has 8 heteroatoms. The third-order valence-electron chi connectivity index (χ3n) is 2.98. The Bertz CT molecular complexity index is 543. The maximum Gasteiger partial charge on any atom is 0.354 e. The highest BCUT2D eigenvalue weighted by Gasteiger charge is 2.24. The molecule has 1 aliphatic heterocycles. The Balaban J connectivity index is 1.97. The van der Waals surface area contributed by atoms with E-state index in [1.807, 2.05) is 0 Å². The number of nitrogens with one attached hydrogen (secondary N) is 1. The number of anilines is 1. The van der Waals surface area contributed by atoms with Gasteiger partial charge in [0.15, 0.2) is 0 Å². The van der Waals surface area contributed by atoms with Gasteiger partial charge in [-0.1, -0.05) is 0 Å². The van der Waals surface area contributed by atoms with E-state index in [1.165, 1.54) is 23.2 Å². The van der Waals surface area contributed by atoms with Gasteiger partial charge in [0.2, 0.25) is 5.91 Å². The number of hydrogen-bond acceptors (Lipinski definition) is 4. The van der Waals surface area contributed by atoms with E-state index in [0.29, 0.717) is 18.8 Å². The fourth-order valence-electron chi connectivity index (χ4n) is 1.73. The second-order valence-electron chi connectivity index (χ2n) is 4.40. The van der Waals surface area contributed by atoms with Gasteiger partial charge in [0, 0.05) is 20.1 Å². The summed E-state index contributed by atoms with van der Waals surface area (Å²) < 4.78 is 0. The Labute approximate surface area is 115 Å². The molecule has 0 bridgehead atoms. The molecule has 0 atom stereocenters. The minimum absolute atomic E-state index is 0.0307. The van der Waals surface area contributed by atoms with Gasteiger partial charge in [0.25, 0.3) is 0 Å². The first-order chi connectivity index (χ1) is 9.47. The molecule has 0 radical (unpaired) electrons. The number of carbonyl (C=O) groups excluding carboxylic acids is 2. The molecule has 20 heavy (non-hydrogen) atoms. The van der Waals surface area contributed by atoms with E-state index in [-0.39, 0.29) is 18.1 Å². The zero-order chi connectivity index (χ0) is 14.7. The second kappa shape index (κ2) is 5.55. The van der Waals surface area contributed by atoms with Gasteiger partial charge in [-0.15, -0.1) is 0 Å². The van der Waals surface area contributed by atoms with Crippen LogP contribution >= 0.6 is 0 Å². The number of nitrogens with zero attached hydrogens (tertiary/aromatic N) is 3. The van der Waals surface area contributed by atoms with Crippen LogP contribution in [0.5, 0.6) is 0 Å². The SMILES string of the molecule is CN1CCN(C(=O)Nc2ccc(C(=O)O)nc2)CC1=O. The number of aromatic carboxylic acids is 1. The fraction of sp³-hybridized carbons (Fsp3) is 0.333. The molecule has 1 aromatic rings. The Morgan fingerprint density at radius 3 is 2.65 bits per heavy atom. The highest BCUT2D eigenvalue weighted by atomic mass is 16.4. The van der Waals surface area contributed by atoms with Gasteiger partial charge in [-0.25, -0.2) is 14.6 Å². The number of amides is 3. The highest BCUT2D eigenvalue weighted by molar-refractivity contribution is 5.93. The molecule has 3 amide bonds. The fourth-order valence-corrected chi connectivity index (χ4v) is 1.73. The summed E-state index contributed by atoms with van der Waals surface area (Å²) in [6.07, 6.45) is 1.26. The third kappa shape index (κ3) is 3.02. The molecular formula is C12H14N4O4. The molecule has 1 fully saturated rings. The van der Waals surface area contributed by atoms with Gasteiger partial charge in [-0.2, -0.15) is 0 Å². The van der Waals surface area contributed by atoms with Crippen molar-refractivity contribution in [3.05, 3.63) is 24.0 Å². The monoisotopic (exact) mass is 278 g/mol. The lowest BCUT2D eigenvalue weighted by molar-refractivity contribution is -0.133. The number of rotatable bonds is 2. The number of pyridine rings is 1. The molecule has 0 spiro atoms. The van der Waals surface area contributed by atoms with Crippen LogP contribution in [0.2, 0.25) is 0 Å². The van der Waals surface area contributed by atoms with Crippen molar-refractivity contribution in [1.82, 2.24) is 14.8 Å². The van der Waals surface area contributed by atoms with Crippen LogP contribution in [-0.2, 0) is 4.79 Å². The smallest absolute Gasteiger partial charge is 0.354 e. The lowest BCUT2D eigenvalue weighted by atomic mass is 10.3. The quantitative estimate of drug-likeness (QED) is 0.797. The highest BCUT2D eigenvalue weighted by Crippen LogP contribution is 2.09. The van der Waals surface area contributed by atoms with Crippen LogP contribution in [0.25, 0.3) is 0 Å². The summed E-state index contributed by atoms with van der Waals surface area (Å²) in [4.78, 5) is 40.7. The van der Waals surface area contributed by atoms with Crippen molar-refractivity contribution in [3.8, 4) is 0 Å². The average molecular weight is 278 g/mol. The van der Waals surface area contributed by atoms with Crippen molar-refractivity contribution in [2.75, 3.05) is 32.0 Å². The largest absolute Gasteiger partial charge is 0.477 e. The van der Waals surface area contributed by atoms with Crippen LogP contribution in [0.15, 0.2) is 18.3 Å². The van der Waals surface area contributed by atoms with Crippen LogP contribution < -0.4 is 5.32 Å². The van der Waals surface area contributed by atoms with Crippen LogP contribution in [0.1, 0.15) is 10.5 Å². The van der Waals surface area contributed by atoms with Gasteiger partial charge in [-0.3, -0.25) is 4.79 Å². The van der Waals surface area contributed by atoms with Crippen LogP contribution in [0.4, 0.5) is 10.5 Å². The summed E-state index contributed by atoms with van der Waals surface area (Å²) in [6.45, 7) is 0.972. The van der Waals surface area contributed by atoms with Crippen molar-refractivity contribution >= 4 is 23.6 Å². The van der Waals surface area contributed by atoms with Gasteiger partial charge in [0.1, 0.15) is 12.2 Å². The van der Waals surface area contributed by atoms with E-state index in [9.17, 15) is 14.4 Å². The zero-order valence-corrected chi connectivity index (χ0v) is 10.9. The molecule has 1 aromatic heterocycles. The summed E-state index contributed by atoms with van der Waals surface area (Å²) in [5, 5.41) is 11.3. The first-order valence-electron chi connectivity index (χ1n) is 5.96. The van der Waals surface area contributed by atoms with E-state index >= 15 is 0 Å². The van der Waals surface area contributed by atoms with Crippen molar-refractivity contribution in [1.29, 1.82) is 0 Å². The number of piperazine rings is 1. The summed E-state index contributed by atoms with van der Waals surface area (Å²) in [7, 11) is 1.69. The molecule has 0 saturated carbocycles. The minimum Gasteiger partial charge on any atom is -0.477 e. The summed E-state index contributed by atoms with van der Waals surface area (Å²) in [6, 6.07) is 2.34. The predicted octanol–water partition coefficient (Wildman–Crippen LogP) is 0.0857. The molecule has 106 valence electrons. The summed E-state index contributed by atoms with van der Waals surface area (Å²) in [5.41, 5.74) is 0.282. The number of likely N-dealkylation sites (N-methyl/N-ethyl adjacent to an activating group) is 1. The van der Waals surface area contributed by atoms with Crippen LogP contribution in [0.3, 0.4) is 0 Å². The number of urea groups is 1. The molecule has 2 N–H and O–H groups in total. The number of carboxylic acids is 1. The number of hydrogen-bond donors (Lipinski definition) is 2. The topological polar surface area (TPSA) is 103 Å². The molecule has 8 nitrogen and oxygen atoms in total. The first kappa shape index (κ1) is 13.8. The maximum atomic E-state index is 11.9. The van der Waals surface area contributed by atoms with Gasteiger partial charge in [-0.05, 0) is 12.1 Å². The Hall–Kier alpha value is -2.64. The first-order valence-corrected chi connectivity index (χ1v) is 5.96. The van der Waals surface area contributed by atoms with E-state index in [2.05, 4.69) is 10.3 Å². The Morgan fingerprint density at radius 2 is 2.10 bits per heavy atom. The zero-order valence-electron chi connectivity index (χ0n) is 10.9. The molecule has 0 aromatic carbocycles. The lowest BCUT2D eigenvalue weighted by Gasteiger charge is -2.31. The van der Waals surface area contributed by atoms with Crippen molar-refractivity contribution in [3.63, 3.8) is 0 Å². The van der Waals surface area contributed by atoms with Crippen LogP contribution in [0, 0.1) is 0 Å². The van der Waals surface area contributed by atoms with Gasteiger partial charge < -0.3 is 20.2 Å². The Morgan fingerprint density at radius 1 is 1.35 bits per heavy atom. The van der Waals surface area contributed by atoms with E-state index < -0.39 is 12.0 Å². The summed E-state index contributed by atoms with van der Waals surface area (Å²) in [5.74, 6) is -1.25.